The number of hydrogen-bond donors (Lipinski definition) is 6. The molecule has 0 saturated carbocycles. The fourth-order valence-electron chi connectivity index (χ4n) is 7.11. The molecule has 0 radical (unpaired) electrons. The molecule has 0 bridgehead atoms. The van der Waals surface area contributed by atoms with Crippen molar-refractivity contribution in [3.63, 3.8) is 0 Å². The van der Waals surface area contributed by atoms with Gasteiger partial charge in [-0.05, 0) is 63.9 Å². The van der Waals surface area contributed by atoms with Gasteiger partial charge >= 0.3 is 33.3 Å². The average molecular weight is 1020 g/mol. The Kier molecular flexibility index (Phi) is 33.5. The number of carbonyl (C=O) groups is 2. The first kappa shape index (κ1) is 61.8. The third kappa shape index (κ3) is 30.2. The summed E-state index contributed by atoms with van der Waals surface area (Å²) in [6, 6.07) is 1.24. The topological polar surface area (TPSA) is 286 Å². The van der Waals surface area contributed by atoms with E-state index in [1.54, 1.807) is 0 Å². The quantitative estimate of drug-likeness (QED) is 0.0155. The van der Waals surface area contributed by atoms with E-state index in [1.807, 2.05) is 12.2 Å². The SMILES string of the molecule is CCCCCCCCCCCCCCCC(=O)O[C@H](COC(=O)CCC/C=C\C/C=C\C/C=C\C/C=C\CCCCCO)COP(=O)(O)OP(=O)(O)OC[C@H]1O[C@@H](n2ccc(N)nc2=O)[C@H](O)[C@@H]1O. The van der Waals surface area contributed by atoms with Crippen LogP contribution in [0.5, 0.6) is 0 Å². The summed E-state index contributed by atoms with van der Waals surface area (Å²) in [6.07, 6.45) is 32.1. The normalized spacial score (nSPS) is 19.7. The van der Waals surface area contributed by atoms with Gasteiger partial charge in [-0.25, -0.2) is 13.9 Å². The van der Waals surface area contributed by atoms with E-state index in [0.29, 0.717) is 19.3 Å². The smallest absolute Gasteiger partial charge is 0.462 e. The first-order valence-corrected chi connectivity index (χ1v) is 27.7. The van der Waals surface area contributed by atoms with Gasteiger partial charge in [0.1, 0.15) is 30.7 Å². The lowest BCUT2D eigenvalue weighted by atomic mass is 10.0. The number of aliphatic hydroxyl groups excluding tert-OH is 3. The largest absolute Gasteiger partial charge is 0.481 e. The molecule has 19 nitrogen and oxygen atoms in total. The molecular weight excluding hydrogens is 936 g/mol. The third-order valence-corrected chi connectivity index (χ3v) is 13.6. The van der Waals surface area contributed by atoms with E-state index in [0.717, 1.165) is 81.4 Å². The summed E-state index contributed by atoms with van der Waals surface area (Å²) in [4.78, 5) is 61.8. The van der Waals surface area contributed by atoms with Crippen molar-refractivity contribution < 1.29 is 71.4 Å². The van der Waals surface area contributed by atoms with Crippen molar-refractivity contribution >= 4 is 33.4 Å². The highest BCUT2D eigenvalue weighted by atomic mass is 31.3. The molecule has 2 heterocycles. The molecule has 2 rings (SSSR count). The molecule has 7 atom stereocenters. The van der Waals surface area contributed by atoms with Crippen molar-refractivity contribution in [2.45, 2.75) is 192 Å². The van der Waals surface area contributed by atoms with Gasteiger partial charge in [-0.15, -0.1) is 0 Å². The molecular formula is C48H81N3O16P2. The van der Waals surface area contributed by atoms with Crippen LogP contribution in [-0.2, 0) is 46.3 Å². The minimum atomic E-state index is -5.44. The number of ether oxygens (including phenoxy) is 3. The van der Waals surface area contributed by atoms with Gasteiger partial charge in [0.15, 0.2) is 12.3 Å². The van der Waals surface area contributed by atoms with Crippen LogP contribution in [0, 0.1) is 0 Å². The molecule has 1 aromatic rings. The lowest BCUT2D eigenvalue weighted by Gasteiger charge is -2.21. The number of phosphoric ester groups is 2. The number of aromatic nitrogens is 2. The zero-order valence-electron chi connectivity index (χ0n) is 40.6. The van der Waals surface area contributed by atoms with E-state index in [9.17, 15) is 43.5 Å². The summed E-state index contributed by atoms with van der Waals surface area (Å²) in [6.45, 7) is 0.0971. The van der Waals surface area contributed by atoms with Crippen LogP contribution in [0.15, 0.2) is 65.7 Å². The standard InChI is InChI=1S/C48H81N3O16P2/c1-2-3-4-5-6-7-8-14-18-21-24-27-30-33-44(54)65-40(37-62-43(53)32-29-26-23-20-17-15-12-10-9-11-13-16-19-22-25-28-31-36-52)38-63-68(58,59)67-69(60,61)64-39-41-45(55)46(56)47(66-41)51-35-34-42(49)50-48(51)57/h9,11-12,15-16,19-20,23,34-35,40-41,45-47,52,55-56H,2-8,10,13-14,17-18,21-22,24-33,36-39H2,1H3,(H,58,59)(H,60,61)(H2,49,50,57)/b11-9-,15-12-,19-16-,23-20-/t40-,41-,45-,46-,47-/m1/s1. The van der Waals surface area contributed by atoms with Gasteiger partial charge in [0, 0.05) is 25.6 Å². The number of nitrogen functional groups attached to an aromatic ring is 1. The molecule has 1 fully saturated rings. The van der Waals surface area contributed by atoms with Gasteiger partial charge in [0.2, 0.25) is 0 Å². The second-order valence-electron chi connectivity index (χ2n) is 17.0. The summed E-state index contributed by atoms with van der Waals surface area (Å²) >= 11 is 0. The fraction of sp³-hybridized carbons (Fsp3) is 0.708. The molecule has 2 unspecified atom stereocenters. The van der Waals surface area contributed by atoms with Crippen molar-refractivity contribution in [3.05, 3.63) is 71.4 Å². The number of aliphatic hydroxyl groups is 3. The summed E-state index contributed by atoms with van der Waals surface area (Å²) in [5, 5.41) is 29.7. The summed E-state index contributed by atoms with van der Waals surface area (Å²) in [5.41, 5.74) is 4.58. The monoisotopic (exact) mass is 1020 g/mol. The Hall–Kier alpha value is -3.32. The second kappa shape index (κ2) is 37.5. The Balaban J connectivity index is 1.82. The van der Waals surface area contributed by atoms with E-state index in [2.05, 4.69) is 52.7 Å². The predicted molar refractivity (Wildman–Crippen MR) is 262 cm³/mol. The maximum Gasteiger partial charge on any atom is 0.481 e. The van der Waals surface area contributed by atoms with E-state index in [1.165, 1.54) is 57.4 Å². The molecule has 7 N–H and O–H groups in total. The maximum absolute atomic E-state index is 12.8. The number of rotatable bonds is 41. The lowest BCUT2D eigenvalue weighted by Crippen LogP contribution is -2.36. The lowest BCUT2D eigenvalue weighted by molar-refractivity contribution is -0.161. The van der Waals surface area contributed by atoms with Gasteiger partial charge in [-0.2, -0.15) is 9.29 Å². The Morgan fingerprint density at radius 1 is 0.725 bits per heavy atom. The Morgan fingerprint density at radius 2 is 1.25 bits per heavy atom. The molecule has 0 aromatic carbocycles. The Morgan fingerprint density at radius 3 is 1.83 bits per heavy atom. The number of allylic oxidation sites excluding steroid dienone is 8. The van der Waals surface area contributed by atoms with Crippen LogP contribution in [0.25, 0.3) is 0 Å². The van der Waals surface area contributed by atoms with E-state index < -0.39 is 83.7 Å². The van der Waals surface area contributed by atoms with E-state index in [4.69, 9.17) is 34.1 Å². The molecule has 1 aliphatic rings. The van der Waals surface area contributed by atoms with Gasteiger partial charge in [0.25, 0.3) is 0 Å². The highest BCUT2D eigenvalue weighted by molar-refractivity contribution is 7.61. The highest BCUT2D eigenvalue weighted by Crippen LogP contribution is 2.60. The van der Waals surface area contributed by atoms with Gasteiger partial charge in [-0.1, -0.05) is 139 Å². The van der Waals surface area contributed by atoms with Crippen LogP contribution in [0.3, 0.4) is 0 Å². The molecule has 1 saturated heterocycles. The van der Waals surface area contributed by atoms with Crippen LogP contribution in [0.2, 0.25) is 0 Å². The van der Waals surface area contributed by atoms with Gasteiger partial charge < -0.3 is 45.1 Å². The highest BCUT2D eigenvalue weighted by Gasteiger charge is 2.46. The first-order chi connectivity index (χ1) is 33.2. The van der Waals surface area contributed by atoms with Crippen molar-refractivity contribution in [1.82, 2.24) is 9.55 Å². The van der Waals surface area contributed by atoms with Crippen molar-refractivity contribution in [1.29, 1.82) is 0 Å². The first-order valence-electron chi connectivity index (χ1n) is 24.8. The molecule has 0 aliphatic carbocycles. The summed E-state index contributed by atoms with van der Waals surface area (Å²) in [5.74, 6) is -1.38. The number of nitrogens with zero attached hydrogens (tertiary/aromatic N) is 2. The minimum Gasteiger partial charge on any atom is -0.462 e. The number of hydrogen-bond acceptors (Lipinski definition) is 16. The summed E-state index contributed by atoms with van der Waals surface area (Å²) < 4.78 is 56.6. The van der Waals surface area contributed by atoms with Crippen molar-refractivity contribution in [2.75, 3.05) is 32.2 Å². The van der Waals surface area contributed by atoms with Crippen LogP contribution in [-0.4, -0.2) is 97.4 Å². The molecule has 21 heteroatoms. The van der Waals surface area contributed by atoms with Gasteiger partial charge in [-0.3, -0.25) is 23.2 Å². The fourth-order valence-corrected chi connectivity index (χ4v) is 9.22. The van der Waals surface area contributed by atoms with Crippen molar-refractivity contribution in [2.24, 2.45) is 0 Å². The van der Waals surface area contributed by atoms with E-state index in [-0.39, 0.29) is 25.3 Å². The van der Waals surface area contributed by atoms with Crippen LogP contribution in [0.1, 0.15) is 167 Å². The molecule has 394 valence electrons. The number of nitrogens with two attached hydrogens (primary N) is 1. The number of esters is 2. The molecule has 1 aromatic heterocycles. The predicted octanol–water partition coefficient (Wildman–Crippen LogP) is 8.75. The number of phosphoric acid groups is 2. The number of unbranched alkanes of at least 4 members (excludes halogenated alkanes) is 16. The van der Waals surface area contributed by atoms with E-state index >= 15 is 0 Å². The number of carbonyl (C=O) groups excluding carboxylic acids is 2. The van der Waals surface area contributed by atoms with Crippen LogP contribution >= 0.6 is 15.6 Å². The molecule has 1 aliphatic heterocycles. The second-order valence-corrected chi connectivity index (χ2v) is 20.1. The average Bonchev–Trinajstić information content (AvgIpc) is 3.58. The number of anilines is 1. The van der Waals surface area contributed by atoms with Crippen molar-refractivity contribution in [3.8, 4) is 0 Å². The summed E-state index contributed by atoms with van der Waals surface area (Å²) in [7, 11) is -10.9. The van der Waals surface area contributed by atoms with Crippen LogP contribution < -0.4 is 11.4 Å². The minimum absolute atomic E-state index is 0.0346. The third-order valence-electron chi connectivity index (χ3n) is 11.0. The molecule has 69 heavy (non-hydrogen) atoms. The molecule has 0 spiro atoms. The Labute approximate surface area is 408 Å². The maximum atomic E-state index is 12.8. The van der Waals surface area contributed by atoms with Crippen LogP contribution in [0.4, 0.5) is 5.82 Å². The van der Waals surface area contributed by atoms with Gasteiger partial charge in [0.05, 0.1) is 13.2 Å². The Bertz CT molecular complexity index is 1840. The zero-order valence-corrected chi connectivity index (χ0v) is 42.3. The molecule has 0 amide bonds. The zero-order chi connectivity index (χ0) is 50.6.